The molecular formula is C20H23NO3. The number of hydrogen-bond donors (Lipinski definition) is 0. The van der Waals surface area contributed by atoms with Gasteiger partial charge in [0, 0.05) is 6.54 Å². The van der Waals surface area contributed by atoms with Gasteiger partial charge in [-0.05, 0) is 25.0 Å². The summed E-state index contributed by atoms with van der Waals surface area (Å²) in [6.45, 7) is 4.16. The average molecular weight is 325 g/mol. The van der Waals surface area contributed by atoms with Crippen molar-refractivity contribution in [1.82, 2.24) is 4.90 Å². The van der Waals surface area contributed by atoms with E-state index in [1.165, 1.54) is 0 Å². The van der Waals surface area contributed by atoms with Crippen LogP contribution in [0.3, 0.4) is 0 Å². The highest BCUT2D eigenvalue weighted by Gasteiger charge is 2.27. The molecule has 0 radical (unpaired) electrons. The zero-order chi connectivity index (χ0) is 17.4. The lowest BCUT2D eigenvalue weighted by Crippen LogP contribution is -2.44. The number of amides is 1. The van der Waals surface area contributed by atoms with Crippen LogP contribution in [0.25, 0.3) is 0 Å². The second kappa shape index (κ2) is 8.87. The van der Waals surface area contributed by atoms with Crippen molar-refractivity contribution in [3.8, 4) is 0 Å². The largest absolute Gasteiger partial charge is 0.464 e. The third-order valence-electron chi connectivity index (χ3n) is 3.81. The van der Waals surface area contributed by atoms with Gasteiger partial charge >= 0.3 is 5.97 Å². The smallest absolute Gasteiger partial charge is 0.328 e. The number of ether oxygens (including phenoxy) is 1. The van der Waals surface area contributed by atoms with E-state index in [2.05, 4.69) is 0 Å². The standard InChI is InChI=1S/C20H23NO3/c1-3-24-20(23)16(2)21(15-18-12-8-5-9-13-18)19(22)14-17-10-6-4-7-11-17/h4-13,16H,3,14-15H2,1-2H3. The first kappa shape index (κ1) is 17.7. The van der Waals surface area contributed by atoms with Crippen LogP contribution in [-0.4, -0.2) is 29.4 Å². The molecule has 4 nitrogen and oxygen atoms in total. The van der Waals surface area contributed by atoms with Crippen molar-refractivity contribution in [2.24, 2.45) is 0 Å². The highest BCUT2D eigenvalue weighted by molar-refractivity contribution is 5.85. The van der Waals surface area contributed by atoms with E-state index in [1.807, 2.05) is 60.7 Å². The first-order valence-corrected chi connectivity index (χ1v) is 8.15. The lowest BCUT2D eigenvalue weighted by molar-refractivity contribution is -0.154. The van der Waals surface area contributed by atoms with E-state index in [1.54, 1.807) is 18.7 Å². The Bertz CT molecular complexity index is 655. The van der Waals surface area contributed by atoms with Gasteiger partial charge in [0.25, 0.3) is 0 Å². The van der Waals surface area contributed by atoms with Crippen LogP contribution in [0.5, 0.6) is 0 Å². The van der Waals surface area contributed by atoms with Crippen molar-refractivity contribution in [3.63, 3.8) is 0 Å². The fourth-order valence-electron chi connectivity index (χ4n) is 2.48. The Balaban J connectivity index is 2.17. The first-order chi connectivity index (χ1) is 11.6. The topological polar surface area (TPSA) is 46.6 Å². The van der Waals surface area contributed by atoms with Gasteiger partial charge in [-0.2, -0.15) is 0 Å². The molecule has 1 unspecified atom stereocenters. The van der Waals surface area contributed by atoms with Gasteiger partial charge in [0.2, 0.25) is 5.91 Å². The Morgan fingerprint density at radius 3 is 2.04 bits per heavy atom. The molecule has 0 saturated carbocycles. The van der Waals surface area contributed by atoms with Crippen LogP contribution in [0.4, 0.5) is 0 Å². The summed E-state index contributed by atoms with van der Waals surface area (Å²) in [6.07, 6.45) is 0.261. The van der Waals surface area contributed by atoms with Crippen molar-refractivity contribution in [2.45, 2.75) is 32.9 Å². The van der Waals surface area contributed by atoms with Crippen LogP contribution in [0, 0.1) is 0 Å². The Hall–Kier alpha value is -2.62. The molecule has 0 spiro atoms. The van der Waals surface area contributed by atoms with Crippen molar-refractivity contribution in [2.75, 3.05) is 6.61 Å². The molecule has 0 heterocycles. The molecule has 0 aliphatic carbocycles. The summed E-state index contributed by atoms with van der Waals surface area (Å²) < 4.78 is 5.09. The van der Waals surface area contributed by atoms with Crippen LogP contribution in [0.1, 0.15) is 25.0 Å². The maximum Gasteiger partial charge on any atom is 0.328 e. The van der Waals surface area contributed by atoms with Gasteiger partial charge < -0.3 is 9.64 Å². The van der Waals surface area contributed by atoms with E-state index in [0.717, 1.165) is 11.1 Å². The number of esters is 1. The fourth-order valence-corrected chi connectivity index (χ4v) is 2.48. The predicted molar refractivity (Wildman–Crippen MR) is 93.2 cm³/mol. The Kier molecular flexibility index (Phi) is 6.55. The zero-order valence-corrected chi connectivity index (χ0v) is 14.1. The van der Waals surface area contributed by atoms with Gasteiger partial charge in [0.1, 0.15) is 6.04 Å². The number of hydrogen-bond acceptors (Lipinski definition) is 3. The lowest BCUT2D eigenvalue weighted by Gasteiger charge is -2.28. The molecule has 24 heavy (non-hydrogen) atoms. The predicted octanol–water partition coefficient (Wildman–Crippen LogP) is 3.21. The van der Waals surface area contributed by atoms with E-state index >= 15 is 0 Å². The molecule has 126 valence electrons. The Morgan fingerprint density at radius 2 is 1.50 bits per heavy atom. The fraction of sp³-hybridized carbons (Fsp3) is 0.300. The second-order valence-electron chi connectivity index (χ2n) is 5.60. The van der Waals surface area contributed by atoms with E-state index in [-0.39, 0.29) is 18.3 Å². The Morgan fingerprint density at radius 1 is 0.958 bits per heavy atom. The molecule has 0 bridgehead atoms. The van der Waals surface area contributed by atoms with Crippen molar-refractivity contribution in [1.29, 1.82) is 0 Å². The first-order valence-electron chi connectivity index (χ1n) is 8.15. The van der Waals surface area contributed by atoms with E-state index in [9.17, 15) is 9.59 Å². The molecular weight excluding hydrogens is 302 g/mol. The summed E-state index contributed by atoms with van der Waals surface area (Å²) in [5, 5.41) is 0. The van der Waals surface area contributed by atoms with Crippen LogP contribution < -0.4 is 0 Å². The lowest BCUT2D eigenvalue weighted by atomic mass is 10.1. The monoisotopic (exact) mass is 325 g/mol. The molecule has 0 fully saturated rings. The van der Waals surface area contributed by atoms with Gasteiger partial charge in [-0.3, -0.25) is 4.79 Å². The van der Waals surface area contributed by atoms with Crippen molar-refractivity contribution >= 4 is 11.9 Å². The molecule has 0 saturated heterocycles. The van der Waals surface area contributed by atoms with Gasteiger partial charge in [0.05, 0.1) is 13.0 Å². The van der Waals surface area contributed by atoms with Crippen molar-refractivity contribution in [3.05, 3.63) is 71.8 Å². The highest BCUT2D eigenvalue weighted by atomic mass is 16.5. The average Bonchev–Trinajstić information content (AvgIpc) is 2.61. The molecule has 1 atom stereocenters. The minimum Gasteiger partial charge on any atom is -0.464 e. The van der Waals surface area contributed by atoms with Crippen LogP contribution in [0.15, 0.2) is 60.7 Å². The number of benzene rings is 2. The van der Waals surface area contributed by atoms with E-state index in [0.29, 0.717) is 13.2 Å². The molecule has 0 aromatic heterocycles. The molecule has 2 rings (SSSR count). The third-order valence-corrected chi connectivity index (χ3v) is 3.81. The van der Waals surface area contributed by atoms with Crippen LogP contribution in [-0.2, 0) is 27.3 Å². The normalized spacial score (nSPS) is 11.6. The quantitative estimate of drug-likeness (QED) is 0.734. The minimum absolute atomic E-state index is 0.0920. The third kappa shape index (κ3) is 4.95. The molecule has 0 N–H and O–H groups in total. The summed E-state index contributed by atoms with van der Waals surface area (Å²) >= 11 is 0. The molecule has 0 aliphatic rings. The number of nitrogens with zero attached hydrogens (tertiary/aromatic N) is 1. The number of rotatable bonds is 7. The summed E-state index contributed by atoms with van der Waals surface area (Å²) in [6, 6.07) is 18.6. The molecule has 2 aromatic rings. The minimum atomic E-state index is -0.624. The van der Waals surface area contributed by atoms with Gasteiger partial charge in [-0.1, -0.05) is 60.7 Å². The maximum atomic E-state index is 12.8. The number of carbonyl (C=O) groups is 2. The number of carbonyl (C=O) groups excluding carboxylic acids is 2. The van der Waals surface area contributed by atoms with Crippen LogP contribution >= 0.6 is 0 Å². The van der Waals surface area contributed by atoms with Gasteiger partial charge in [-0.15, -0.1) is 0 Å². The molecule has 1 amide bonds. The summed E-state index contributed by atoms with van der Waals surface area (Å²) in [5.41, 5.74) is 1.91. The SMILES string of the molecule is CCOC(=O)C(C)N(Cc1ccccc1)C(=O)Cc1ccccc1. The van der Waals surface area contributed by atoms with Crippen molar-refractivity contribution < 1.29 is 14.3 Å². The second-order valence-corrected chi connectivity index (χ2v) is 5.60. The van der Waals surface area contributed by atoms with Gasteiger partial charge in [-0.25, -0.2) is 4.79 Å². The maximum absolute atomic E-state index is 12.8. The highest BCUT2D eigenvalue weighted by Crippen LogP contribution is 2.13. The summed E-state index contributed by atoms with van der Waals surface area (Å²) in [5.74, 6) is -0.472. The molecule has 0 aliphatic heterocycles. The zero-order valence-electron chi connectivity index (χ0n) is 14.1. The summed E-state index contributed by atoms with van der Waals surface area (Å²) in [7, 11) is 0. The molecule has 2 aromatic carbocycles. The Labute approximate surface area is 143 Å². The summed E-state index contributed by atoms with van der Waals surface area (Å²) in [4.78, 5) is 26.5. The van der Waals surface area contributed by atoms with E-state index < -0.39 is 6.04 Å². The molecule has 4 heteroatoms. The van der Waals surface area contributed by atoms with Gasteiger partial charge in [0.15, 0.2) is 0 Å². The van der Waals surface area contributed by atoms with E-state index in [4.69, 9.17) is 4.74 Å². The van der Waals surface area contributed by atoms with Crippen LogP contribution in [0.2, 0.25) is 0 Å².